The Hall–Kier alpha value is -9.12. The molecule has 0 saturated heterocycles. The number of hydrogen-bond donors (Lipinski definition) is 1. The summed E-state index contributed by atoms with van der Waals surface area (Å²) in [5.41, 5.74) is 11.5. The Morgan fingerprint density at radius 2 is 0.773 bits per heavy atom. The molecule has 1 atom stereocenters. The first-order valence-corrected chi connectivity index (χ1v) is 29.5. The first-order chi connectivity index (χ1) is 42.8. The maximum atomic E-state index is 14.3. The molecule has 8 aromatic rings. The van der Waals surface area contributed by atoms with Crippen molar-refractivity contribution >= 4 is 24.2 Å². The average Bonchev–Trinajstić information content (AvgIpc) is 1.75. The highest BCUT2D eigenvalue weighted by molar-refractivity contribution is 5.98. The molecule has 1 unspecified atom stereocenters. The average molecular weight is 1190 g/mol. The van der Waals surface area contributed by atoms with Gasteiger partial charge in [-0.3, -0.25) is 4.79 Å². The maximum Gasteiger partial charge on any atom is 0.341 e. The number of rotatable bonds is 28. The van der Waals surface area contributed by atoms with Gasteiger partial charge in [0, 0.05) is 27.9 Å². The molecule has 0 saturated carbocycles. The predicted octanol–water partition coefficient (Wildman–Crippen LogP) is 13.1. The molecule has 454 valence electrons. The van der Waals surface area contributed by atoms with Gasteiger partial charge in [-0.25, -0.2) is 14.4 Å². The third kappa shape index (κ3) is 11.5. The van der Waals surface area contributed by atoms with Gasteiger partial charge in [0.05, 0.1) is 56.0 Å². The van der Waals surface area contributed by atoms with Crippen LogP contribution in [0.1, 0.15) is 118 Å². The number of aryl methyl sites for hydroxylation is 2. The quantitative estimate of drug-likeness (QED) is 0.0278. The van der Waals surface area contributed by atoms with Crippen molar-refractivity contribution in [1.29, 1.82) is 0 Å². The Morgan fingerprint density at radius 3 is 1.17 bits per heavy atom. The number of hydrogen-bond acceptors (Lipinski definition) is 14. The lowest BCUT2D eigenvalue weighted by Crippen LogP contribution is -2.30. The molecule has 0 heterocycles. The summed E-state index contributed by atoms with van der Waals surface area (Å²) >= 11 is 0. The van der Waals surface area contributed by atoms with E-state index in [9.17, 15) is 24.3 Å². The lowest BCUT2D eigenvalue weighted by Gasteiger charge is -2.35. The van der Waals surface area contributed by atoms with E-state index in [1.807, 2.05) is 63.2 Å². The van der Waals surface area contributed by atoms with Gasteiger partial charge in [0.2, 0.25) is 0 Å². The molecule has 0 aliphatic heterocycles. The molecule has 10 rings (SSSR count). The summed E-state index contributed by atoms with van der Waals surface area (Å²) < 4.78 is 57.6. The molecular weight excluding hydrogens is 1120 g/mol. The molecule has 0 bridgehead atoms. The normalized spacial score (nSPS) is 14.0. The molecule has 2 aliphatic rings. The number of carbonyl (C=O) groups excluding carboxylic acids is 3. The molecule has 0 aromatic heterocycles. The molecule has 1 N–H and O–H groups in total. The van der Waals surface area contributed by atoms with Crippen LogP contribution in [-0.2, 0) is 39.3 Å². The first kappa shape index (κ1) is 61.9. The minimum atomic E-state index is -1.25. The molecule has 2 aliphatic carbocycles. The topological polar surface area (TPSA) is 181 Å². The van der Waals surface area contributed by atoms with Crippen molar-refractivity contribution in [3.8, 4) is 56.4 Å². The zero-order chi connectivity index (χ0) is 62.1. The van der Waals surface area contributed by atoms with Crippen molar-refractivity contribution in [2.75, 3.05) is 94.0 Å². The number of methoxy groups -OCH3 is 3. The number of esters is 2. The smallest absolute Gasteiger partial charge is 0.341 e. The van der Waals surface area contributed by atoms with E-state index in [0.717, 1.165) is 73.0 Å². The van der Waals surface area contributed by atoms with Crippen molar-refractivity contribution < 1.29 is 71.7 Å². The lowest BCUT2D eigenvalue weighted by molar-refractivity contribution is 0.0510. The highest BCUT2D eigenvalue weighted by atomic mass is 16.6. The molecule has 88 heavy (non-hydrogen) atoms. The second kappa shape index (κ2) is 27.3. The summed E-state index contributed by atoms with van der Waals surface area (Å²) in [5.74, 6) is -1.17. The third-order valence-electron chi connectivity index (χ3n) is 16.3. The highest BCUT2D eigenvalue weighted by Gasteiger charge is 2.50. The zero-order valence-corrected chi connectivity index (χ0v) is 50.9. The minimum Gasteiger partial charge on any atom is -0.490 e. The number of carbonyl (C=O) groups is 4. The SMILES string of the molecule is CCOCCOc1ccc(C2(c3ccc(OCCOC)c(C=O)c3)c3cc(C)ccc3-c3ccc(-c4ccc5c(c4)C(c4ccc(OCCOC)c(C(=O)OCC)c4)(c4ccc(OCCOC)c(C(=O)OCC)c4)c4cc(C)ccc4-5)cc32)cc1C(=O)O. The Kier molecular flexibility index (Phi) is 19.2. The van der Waals surface area contributed by atoms with Crippen LogP contribution in [0.25, 0.3) is 33.4 Å². The third-order valence-corrected chi connectivity index (χ3v) is 16.3. The summed E-state index contributed by atoms with van der Waals surface area (Å²) in [6.45, 7) is 11.9. The van der Waals surface area contributed by atoms with Crippen LogP contribution in [0, 0.1) is 13.8 Å². The lowest BCUT2D eigenvalue weighted by atomic mass is 9.66. The number of benzene rings is 8. The van der Waals surface area contributed by atoms with Crippen molar-refractivity contribution in [1.82, 2.24) is 0 Å². The van der Waals surface area contributed by atoms with Crippen LogP contribution in [0.3, 0.4) is 0 Å². The van der Waals surface area contributed by atoms with Crippen molar-refractivity contribution in [2.24, 2.45) is 0 Å². The predicted molar refractivity (Wildman–Crippen MR) is 334 cm³/mol. The van der Waals surface area contributed by atoms with Crippen molar-refractivity contribution in [3.63, 3.8) is 0 Å². The molecule has 0 fully saturated rings. The minimum absolute atomic E-state index is 0.0477. The fraction of sp³-hybridized carbons (Fsp3) is 0.288. The molecular formula is C73H72O15. The van der Waals surface area contributed by atoms with Gasteiger partial charge in [-0.05, 0) is 173 Å². The number of aldehydes is 1. The van der Waals surface area contributed by atoms with Crippen LogP contribution in [0.2, 0.25) is 0 Å². The standard InChI is InChI=1S/C73H72O15/c1-9-82-31-35-88-66-25-17-51(41-58(66)69(75)76)72(50-16-24-65(49(38-50)44-74)85-32-28-79-6)61-36-45(4)12-20-54(61)56-22-14-47(39-63(56)72)48-15-23-57-55-21-13-46(5)37-62(55)73(64(57)40-48,52-18-26-67(86-33-29-80-7)59(42-52)70(77)83-10-2)53-19-27-68(87-34-30-81-8)60(43-53)71(78)84-11-3/h12-27,36-44H,9-11,28-35H2,1-8H3,(H,75,76). The summed E-state index contributed by atoms with van der Waals surface area (Å²) in [6.07, 6.45) is 0.770. The van der Waals surface area contributed by atoms with Crippen LogP contribution >= 0.6 is 0 Å². The second-order valence-electron chi connectivity index (χ2n) is 21.4. The number of fused-ring (bicyclic) bond motifs is 6. The Labute approximate surface area is 513 Å². The van der Waals surface area contributed by atoms with Gasteiger partial charge >= 0.3 is 17.9 Å². The van der Waals surface area contributed by atoms with Gasteiger partial charge in [0.15, 0.2) is 6.29 Å². The summed E-state index contributed by atoms with van der Waals surface area (Å²) in [7, 11) is 4.73. The highest BCUT2D eigenvalue weighted by Crippen LogP contribution is 2.60. The van der Waals surface area contributed by atoms with Gasteiger partial charge in [0.25, 0.3) is 0 Å². The van der Waals surface area contributed by atoms with E-state index in [0.29, 0.717) is 58.3 Å². The Bertz CT molecular complexity index is 3840. The van der Waals surface area contributed by atoms with Crippen molar-refractivity contribution in [3.05, 3.63) is 223 Å². The van der Waals surface area contributed by atoms with E-state index >= 15 is 0 Å². The van der Waals surface area contributed by atoms with Gasteiger partial charge in [-0.2, -0.15) is 0 Å². The summed E-state index contributed by atoms with van der Waals surface area (Å²) in [6, 6.07) is 47.3. The number of carboxylic acids is 1. The van der Waals surface area contributed by atoms with E-state index < -0.39 is 28.7 Å². The van der Waals surface area contributed by atoms with Crippen LogP contribution in [0.4, 0.5) is 0 Å². The first-order valence-electron chi connectivity index (χ1n) is 29.5. The molecule has 0 amide bonds. The largest absolute Gasteiger partial charge is 0.490 e. The second-order valence-corrected chi connectivity index (χ2v) is 21.4. The summed E-state index contributed by atoms with van der Waals surface area (Å²) in [4.78, 5) is 55.3. The summed E-state index contributed by atoms with van der Waals surface area (Å²) in [5, 5.41) is 11.0. The van der Waals surface area contributed by atoms with E-state index in [4.69, 9.17) is 47.4 Å². The van der Waals surface area contributed by atoms with Gasteiger partial charge in [-0.15, -0.1) is 0 Å². The van der Waals surface area contributed by atoms with E-state index in [-0.39, 0.29) is 81.9 Å². The van der Waals surface area contributed by atoms with Gasteiger partial charge in [-0.1, -0.05) is 96.1 Å². The van der Waals surface area contributed by atoms with E-state index in [2.05, 4.69) is 72.8 Å². The number of ether oxygens (including phenoxy) is 10. The number of aromatic carboxylic acids is 1. The van der Waals surface area contributed by atoms with Gasteiger partial charge < -0.3 is 52.5 Å². The molecule has 0 spiro atoms. The molecule has 8 aromatic carbocycles. The fourth-order valence-corrected chi connectivity index (χ4v) is 12.4. The van der Waals surface area contributed by atoms with E-state index in [1.54, 1.807) is 65.5 Å². The number of carboxylic acid groups (broad SMARTS) is 1. The maximum absolute atomic E-state index is 14.3. The van der Waals surface area contributed by atoms with Crippen molar-refractivity contribution in [2.45, 2.75) is 45.4 Å². The molecule has 0 radical (unpaired) electrons. The zero-order valence-electron chi connectivity index (χ0n) is 50.9. The fourth-order valence-electron chi connectivity index (χ4n) is 12.4. The van der Waals surface area contributed by atoms with Crippen LogP contribution in [0.15, 0.2) is 146 Å². The Morgan fingerprint density at radius 1 is 0.409 bits per heavy atom. The van der Waals surface area contributed by atoms with E-state index in [1.165, 1.54) is 0 Å². The van der Waals surface area contributed by atoms with Gasteiger partial charge in [0.1, 0.15) is 66.1 Å². The monoisotopic (exact) mass is 1190 g/mol. The van der Waals surface area contributed by atoms with Crippen LogP contribution < -0.4 is 18.9 Å². The Balaban J connectivity index is 1.27. The van der Waals surface area contributed by atoms with Crippen LogP contribution in [-0.4, -0.2) is 123 Å². The van der Waals surface area contributed by atoms with Crippen LogP contribution in [0.5, 0.6) is 23.0 Å². The molecule has 15 nitrogen and oxygen atoms in total. The molecule has 15 heteroatoms.